The van der Waals surface area contributed by atoms with Crippen LogP contribution in [0.4, 0.5) is 0 Å². The Morgan fingerprint density at radius 3 is 2.67 bits per heavy atom. The highest BCUT2D eigenvalue weighted by molar-refractivity contribution is 4.81. The second-order valence-corrected chi connectivity index (χ2v) is 4.03. The summed E-state index contributed by atoms with van der Waals surface area (Å²) in [5.74, 6) is 1.22. The molecule has 1 saturated carbocycles. The van der Waals surface area contributed by atoms with E-state index in [0.717, 1.165) is 19.4 Å². The number of aliphatic hydroxyl groups excluding tert-OH is 1. The van der Waals surface area contributed by atoms with Gasteiger partial charge in [0.15, 0.2) is 0 Å². The van der Waals surface area contributed by atoms with E-state index in [2.05, 4.69) is 6.92 Å². The molecule has 1 rings (SSSR count). The summed E-state index contributed by atoms with van der Waals surface area (Å²) in [4.78, 5) is 0. The van der Waals surface area contributed by atoms with E-state index in [4.69, 9.17) is 4.74 Å². The molecular formula is C10H20O2. The molecule has 2 heteroatoms. The van der Waals surface area contributed by atoms with Gasteiger partial charge < -0.3 is 9.84 Å². The molecule has 2 unspecified atom stereocenters. The summed E-state index contributed by atoms with van der Waals surface area (Å²) in [5, 5.41) is 9.62. The number of ether oxygens (including phenoxy) is 1. The fourth-order valence-corrected chi connectivity index (χ4v) is 1.52. The van der Waals surface area contributed by atoms with Crippen LogP contribution in [0.1, 0.15) is 32.6 Å². The highest BCUT2D eigenvalue weighted by Gasteiger charge is 2.30. The van der Waals surface area contributed by atoms with E-state index in [1.165, 1.54) is 12.8 Å². The smallest absolute Gasteiger partial charge is 0.0571 e. The first kappa shape index (κ1) is 10.0. The normalized spacial score (nSPS) is 22.2. The van der Waals surface area contributed by atoms with Crippen molar-refractivity contribution < 1.29 is 9.84 Å². The lowest BCUT2D eigenvalue weighted by molar-refractivity contribution is 0.110. The Hall–Kier alpha value is -0.0800. The Morgan fingerprint density at radius 1 is 1.50 bits per heavy atom. The predicted molar refractivity (Wildman–Crippen MR) is 49.0 cm³/mol. The SMILES string of the molecule is COCCC(C)CC(O)C1CC1. The summed E-state index contributed by atoms with van der Waals surface area (Å²) in [6.45, 7) is 3.00. The maximum atomic E-state index is 9.62. The number of methoxy groups -OCH3 is 1. The molecule has 72 valence electrons. The van der Waals surface area contributed by atoms with E-state index in [1.807, 2.05) is 0 Å². The fraction of sp³-hybridized carbons (Fsp3) is 1.00. The summed E-state index contributed by atoms with van der Waals surface area (Å²) in [7, 11) is 1.73. The van der Waals surface area contributed by atoms with E-state index in [9.17, 15) is 5.11 Å². The quantitative estimate of drug-likeness (QED) is 0.662. The van der Waals surface area contributed by atoms with E-state index in [0.29, 0.717) is 11.8 Å². The number of aliphatic hydroxyl groups is 1. The molecular weight excluding hydrogens is 152 g/mol. The van der Waals surface area contributed by atoms with Gasteiger partial charge in [0, 0.05) is 13.7 Å². The van der Waals surface area contributed by atoms with Gasteiger partial charge in [0.2, 0.25) is 0 Å². The Kier molecular flexibility index (Phi) is 4.02. The molecule has 0 amide bonds. The third-order valence-corrected chi connectivity index (χ3v) is 2.62. The fourth-order valence-electron chi connectivity index (χ4n) is 1.52. The molecule has 1 N–H and O–H groups in total. The zero-order chi connectivity index (χ0) is 8.97. The summed E-state index contributed by atoms with van der Waals surface area (Å²) in [5.41, 5.74) is 0. The van der Waals surface area contributed by atoms with Crippen molar-refractivity contribution >= 4 is 0 Å². The summed E-state index contributed by atoms with van der Waals surface area (Å²) < 4.78 is 4.99. The maximum absolute atomic E-state index is 9.62. The van der Waals surface area contributed by atoms with Crippen molar-refractivity contribution in [3.8, 4) is 0 Å². The van der Waals surface area contributed by atoms with Crippen molar-refractivity contribution in [3.05, 3.63) is 0 Å². The van der Waals surface area contributed by atoms with Crippen molar-refractivity contribution in [2.45, 2.75) is 38.7 Å². The Labute approximate surface area is 74.9 Å². The van der Waals surface area contributed by atoms with Gasteiger partial charge >= 0.3 is 0 Å². The van der Waals surface area contributed by atoms with Gasteiger partial charge in [-0.05, 0) is 37.5 Å². The average Bonchev–Trinajstić information content (AvgIpc) is 2.82. The zero-order valence-corrected chi connectivity index (χ0v) is 8.12. The van der Waals surface area contributed by atoms with E-state index < -0.39 is 0 Å². The minimum Gasteiger partial charge on any atom is -0.393 e. The molecule has 0 bridgehead atoms. The Balaban J connectivity index is 2.03. The van der Waals surface area contributed by atoms with Gasteiger partial charge in [0.25, 0.3) is 0 Å². The minimum absolute atomic E-state index is 0.0446. The molecule has 12 heavy (non-hydrogen) atoms. The van der Waals surface area contributed by atoms with Crippen LogP contribution in [0.15, 0.2) is 0 Å². The summed E-state index contributed by atoms with van der Waals surface area (Å²) in [6, 6.07) is 0. The van der Waals surface area contributed by atoms with Crippen molar-refractivity contribution in [3.63, 3.8) is 0 Å². The van der Waals surface area contributed by atoms with Crippen LogP contribution in [-0.4, -0.2) is 24.9 Å². The minimum atomic E-state index is -0.0446. The van der Waals surface area contributed by atoms with Gasteiger partial charge in [-0.15, -0.1) is 0 Å². The van der Waals surface area contributed by atoms with Gasteiger partial charge in [-0.25, -0.2) is 0 Å². The molecule has 2 nitrogen and oxygen atoms in total. The average molecular weight is 172 g/mol. The van der Waals surface area contributed by atoms with Crippen LogP contribution in [-0.2, 0) is 4.74 Å². The third kappa shape index (κ3) is 3.55. The maximum Gasteiger partial charge on any atom is 0.0571 e. The molecule has 0 saturated heterocycles. The standard InChI is InChI=1S/C10H20O2/c1-8(5-6-12-2)7-10(11)9-3-4-9/h8-11H,3-7H2,1-2H3. The molecule has 0 aliphatic heterocycles. The molecule has 1 aliphatic carbocycles. The number of hydrogen-bond donors (Lipinski definition) is 1. The highest BCUT2D eigenvalue weighted by atomic mass is 16.5. The van der Waals surface area contributed by atoms with Crippen LogP contribution in [0.25, 0.3) is 0 Å². The van der Waals surface area contributed by atoms with Crippen LogP contribution in [0, 0.1) is 11.8 Å². The third-order valence-electron chi connectivity index (χ3n) is 2.62. The zero-order valence-electron chi connectivity index (χ0n) is 8.12. The van der Waals surface area contributed by atoms with Crippen molar-refractivity contribution in [1.29, 1.82) is 0 Å². The predicted octanol–water partition coefficient (Wildman–Crippen LogP) is 1.82. The topological polar surface area (TPSA) is 29.5 Å². The monoisotopic (exact) mass is 172 g/mol. The van der Waals surface area contributed by atoms with Crippen LogP contribution in [0.3, 0.4) is 0 Å². The Bertz CT molecular complexity index is 121. The first-order chi connectivity index (χ1) is 5.74. The van der Waals surface area contributed by atoms with Crippen LogP contribution >= 0.6 is 0 Å². The van der Waals surface area contributed by atoms with E-state index in [1.54, 1.807) is 7.11 Å². The molecule has 1 aliphatic rings. The number of hydrogen-bond acceptors (Lipinski definition) is 2. The molecule has 1 fully saturated rings. The lowest BCUT2D eigenvalue weighted by Crippen LogP contribution is -2.14. The second-order valence-electron chi connectivity index (χ2n) is 4.03. The molecule has 0 heterocycles. The molecule has 0 radical (unpaired) electrons. The Morgan fingerprint density at radius 2 is 2.17 bits per heavy atom. The van der Waals surface area contributed by atoms with Crippen LogP contribution in [0.2, 0.25) is 0 Å². The highest BCUT2D eigenvalue weighted by Crippen LogP contribution is 2.35. The molecule has 2 atom stereocenters. The largest absolute Gasteiger partial charge is 0.393 e. The van der Waals surface area contributed by atoms with Gasteiger partial charge in [-0.3, -0.25) is 0 Å². The summed E-state index contributed by atoms with van der Waals surface area (Å²) >= 11 is 0. The molecule has 0 aromatic carbocycles. The van der Waals surface area contributed by atoms with Gasteiger partial charge in [0.1, 0.15) is 0 Å². The second kappa shape index (κ2) is 4.83. The number of rotatable bonds is 6. The van der Waals surface area contributed by atoms with Gasteiger partial charge in [-0.1, -0.05) is 6.92 Å². The lowest BCUT2D eigenvalue weighted by atomic mass is 9.98. The summed E-state index contributed by atoms with van der Waals surface area (Å²) in [6.07, 6.45) is 4.45. The first-order valence-electron chi connectivity index (χ1n) is 4.91. The van der Waals surface area contributed by atoms with Gasteiger partial charge in [-0.2, -0.15) is 0 Å². The first-order valence-corrected chi connectivity index (χ1v) is 4.91. The van der Waals surface area contributed by atoms with Crippen molar-refractivity contribution in [2.24, 2.45) is 11.8 Å². The van der Waals surface area contributed by atoms with E-state index in [-0.39, 0.29) is 6.10 Å². The van der Waals surface area contributed by atoms with Gasteiger partial charge in [0.05, 0.1) is 6.10 Å². The van der Waals surface area contributed by atoms with E-state index >= 15 is 0 Å². The lowest BCUT2D eigenvalue weighted by Gasteiger charge is -2.15. The van der Waals surface area contributed by atoms with Crippen molar-refractivity contribution in [1.82, 2.24) is 0 Å². The van der Waals surface area contributed by atoms with Crippen molar-refractivity contribution in [2.75, 3.05) is 13.7 Å². The molecule has 0 aromatic heterocycles. The molecule has 0 aromatic rings. The van der Waals surface area contributed by atoms with Crippen LogP contribution < -0.4 is 0 Å². The van der Waals surface area contributed by atoms with Crippen LogP contribution in [0.5, 0.6) is 0 Å². The molecule has 0 spiro atoms.